The molecule has 1 aliphatic carbocycles. The highest BCUT2D eigenvalue weighted by Gasteiger charge is 2.39. The standard InChI is InChI=1S/C24H24N4O5/c1-33-20-4-2-3-18-17(20)10-15(11-25-18)26-22(30)13-5-6-16-14(9-13)12-28(24(16)32)19-7-8-21(29)27-23(19)31/h5-6,9-11,19-20H,2-4,7-8,12H2,1H3,(H,26,30)(H,27,29,31)/t19-,20?/m1/s1. The minimum atomic E-state index is -0.685. The molecule has 0 spiro atoms. The van der Waals surface area contributed by atoms with E-state index in [2.05, 4.69) is 15.6 Å². The number of piperidine rings is 1. The van der Waals surface area contributed by atoms with Gasteiger partial charge in [-0.1, -0.05) is 0 Å². The van der Waals surface area contributed by atoms with Gasteiger partial charge in [-0.3, -0.25) is 29.5 Å². The summed E-state index contributed by atoms with van der Waals surface area (Å²) in [4.78, 5) is 55.3. The molecule has 2 atom stereocenters. The van der Waals surface area contributed by atoms with Crippen LogP contribution in [0, 0.1) is 0 Å². The normalized spacial score (nSPS) is 22.0. The van der Waals surface area contributed by atoms with Crippen LogP contribution in [0.15, 0.2) is 30.5 Å². The van der Waals surface area contributed by atoms with Gasteiger partial charge in [0.1, 0.15) is 6.04 Å². The molecule has 1 aromatic carbocycles. The van der Waals surface area contributed by atoms with E-state index in [9.17, 15) is 19.2 Å². The molecule has 0 bridgehead atoms. The summed E-state index contributed by atoms with van der Waals surface area (Å²) in [5.74, 6) is -1.36. The summed E-state index contributed by atoms with van der Waals surface area (Å²) in [6.07, 6.45) is 4.96. The molecule has 9 nitrogen and oxygen atoms in total. The van der Waals surface area contributed by atoms with E-state index in [0.29, 0.717) is 28.8 Å². The van der Waals surface area contributed by atoms with E-state index in [4.69, 9.17) is 4.74 Å². The van der Waals surface area contributed by atoms with Crippen molar-refractivity contribution in [2.24, 2.45) is 0 Å². The summed E-state index contributed by atoms with van der Waals surface area (Å²) in [6, 6.07) is 6.12. The molecule has 9 heteroatoms. The largest absolute Gasteiger partial charge is 0.377 e. The van der Waals surface area contributed by atoms with Gasteiger partial charge < -0.3 is 15.0 Å². The van der Waals surface area contributed by atoms with Crippen LogP contribution in [-0.2, 0) is 27.3 Å². The fourth-order valence-corrected chi connectivity index (χ4v) is 4.84. The van der Waals surface area contributed by atoms with Gasteiger partial charge in [0.05, 0.1) is 18.0 Å². The van der Waals surface area contributed by atoms with E-state index < -0.39 is 11.9 Å². The van der Waals surface area contributed by atoms with Gasteiger partial charge in [0.25, 0.3) is 11.8 Å². The van der Waals surface area contributed by atoms with E-state index in [-0.39, 0.29) is 36.8 Å². The van der Waals surface area contributed by atoms with Gasteiger partial charge in [0, 0.05) is 42.5 Å². The number of rotatable bonds is 4. The Morgan fingerprint density at radius 3 is 2.82 bits per heavy atom. The lowest BCUT2D eigenvalue weighted by Crippen LogP contribution is -2.52. The maximum Gasteiger partial charge on any atom is 0.255 e. The molecule has 3 aliphatic rings. The van der Waals surface area contributed by atoms with Crippen LogP contribution < -0.4 is 10.6 Å². The van der Waals surface area contributed by atoms with Crippen molar-refractivity contribution in [2.75, 3.05) is 12.4 Å². The lowest BCUT2D eigenvalue weighted by Gasteiger charge is -2.29. The molecule has 170 valence electrons. The zero-order chi connectivity index (χ0) is 23.1. The molecule has 1 saturated heterocycles. The summed E-state index contributed by atoms with van der Waals surface area (Å²) in [5, 5.41) is 5.17. The molecular weight excluding hydrogens is 424 g/mol. The maximum absolute atomic E-state index is 12.9. The molecule has 1 fully saturated rings. The lowest BCUT2D eigenvalue weighted by atomic mass is 9.93. The van der Waals surface area contributed by atoms with Crippen molar-refractivity contribution in [1.82, 2.24) is 15.2 Å². The van der Waals surface area contributed by atoms with Gasteiger partial charge >= 0.3 is 0 Å². The third-order valence-electron chi connectivity index (χ3n) is 6.56. The third kappa shape index (κ3) is 3.89. The second-order valence-electron chi connectivity index (χ2n) is 8.60. The van der Waals surface area contributed by atoms with E-state index >= 15 is 0 Å². The SMILES string of the molecule is COC1CCCc2ncc(NC(=O)c3ccc4c(c3)CN([C@@H]3CCC(=O)NC3=O)C4=O)cc21. The number of pyridine rings is 1. The number of aromatic nitrogens is 1. The summed E-state index contributed by atoms with van der Waals surface area (Å²) >= 11 is 0. The van der Waals surface area contributed by atoms with Crippen molar-refractivity contribution in [3.05, 3.63) is 58.4 Å². The number of fused-ring (bicyclic) bond motifs is 2. The number of hydrogen-bond donors (Lipinski definition) is 2. The van der Waals surface area contributed by atoms with Crippen molar-refractivity contribution >= 4 is 29.3 Å². The topological polar surface area (TPSA) is 118 Å². The fraction of sp³-hybridized carbons (Fsp3) is 0.375. The van der Waals surface area contributed by atoms with Crippen LogP contribution in [0.1, 0.15) is 69.3 Å². The number of nitrogens with zero attached hydrogens (tertiary/aromatic N) is 2. The Balaban J connectivity index is 1.33. The van der Waals surface area contributed by atoms with Gasteiger partial charge in [0.15, 0.2) is 0 Å². The number of hydrogen-bond acceptors (Lipinski definition) is 6. The highest BCUT2D eigenvalue weighted by molar-refractivity contribution is 6.08. The zero-order valence-corrected chi connectivity index (χ0v) is 18.2. The second kappa shape index (κ2) is 8.40. The van der Waals surface area contributed by atoms with Crippen molar-refractivity contribution in [2.45, 2.75) is 50.8 Å². The van der Waals surface area contributed by atoms with Gasteiger partial charge in [0.2, 0.25) is 11.8 Å². The number of anilines is 1. The predicted octanol–water partition coefficient (Wildman–Crippen LogP) is 2.12. The van der Waals surface area contributed by atoms with Crippen LogP contribution in [0.4, 0.5) is 5.69 Å². The number of amides is 4. The van der Waals surface area contributed by atoms with Crippen LogP contribution in [-0.4, -0.2) is 46.7 Å². The molecule has 1 unspecified atom stereocenters. The Labute approximate surface area is 190 Å². The quantitative estimate of drug-likeness (QED) is 0.692. The molecule has 0 radical (unpaired) electrons. The van der Waals surface area contributed by atoms with Gasteiger partial charge in [-0.25, -0.2) is 0 Å². The molecule has 2 aliphatic heterocycles. The molecule has 4 amide bonds. The van der Waals surface area contributed by atoms with Gasteiger partial charge in [-0.05, 0) is 55.5 Å². The van der Waals surface area contributed by atoms with Crippen molar-refractivity contribution in [3.63, 3.8) is 0 Å². The van der Waals surface area contributed by atoms with E-state index in [1.807, 2.05) is 6.07 Å². The van der Waals surface area contributed by atoms with Crippen molar-refractivity contribution < 1.29 is 23.9 Å². The molecule has 0 saturated carbocycles. The fourth-order valence-electron chi connectivity index (χ4n) is 4.84. The predicted molar refractivity (Wildman–Crippen MR) is 117 cm³/mol. The van der Waals surface area contributed by atoms with E-state index in [0.717, 1.165) is 30.5 Å². The smallest absolute Gasteiger partial charge is 0.255 e. The number of benzene rings is 1. The monoisotopic (exact) mass is 448 g/mol. The first-order valence-corrected chi connectivity index (χ1v) is 11.0. The van der Waals surface area contributed by atoms with Gasteiger partial charge in [-0.15, -0.1) is 0 Å². The molecular formula is C24H24N4O5. The first-order chi connectivity index (χ1) is 15.9. The Morgan fingerprint density at radius 1 is 1.18 bits per heavy atom. The minimum absolute atomic E-state index is 0.0256. The zero-order valence-electron chi connectivity index (χ0n) is 18.2. The number of nitrogens with one attached hydrogen (secondary N) is 2. The van der Waals surface area contributed by atoms with Crippen LogP contribution >= 0.6 is 0 Å². The first kappa shape index (κ1) is 21.3. The Hall–Kier alpha value is -3.59. The summed E-state index contributed by atoms with van der Waals surface area (Å²) in [5.41, 5.74) is 4.14. The number of methoxy groups -OCH3 is 1. The molecule has 3 heterocycles. The Morgan fingerprint density at radius 2 is 2.03 bits per heavy atom. The summed E-state index contributed by atoms with van der Waals surface area (Å²) in [7, 11) is 1.68. The number of imide groups is 1. The van der Waals surface area contributed by atoms with E-state index in [1.54, 1.807) is 31.5 Å². The molecule has 2 aromatic rings. The number of aryl methyl sites for hydroxylation is 1. The van der Waals surface area contributed by atoms with Gasteiger partial charge in [-0.2, -0.15) is 0 Å². The minimum Gasteiger partial charge on any atom is -0.377 e. The third-order valence-corrected chi connectivity index (χ3v) is 6.56. The average molecular weight is 448 g/mol. The molecule has 33 heavy (non-hydrogen) atoms. The van der Waals surface area contributed by atoms with Crippen LogP contribution in [0.5, 0.6) is 0 Å². The summed E-state index contributed by atoms with van der Waals surface area (Å²) < 4.78 is 5.56. The maximum atomic E-state index is 12.9. The Bertz CT molecular complexity index is 1180. The molecule has 1 aromatic heterocycles. The first-order valence-electron chi connectivity index (χ1n) is 11.0. The number of ether oxygens (including phenoxy) is 1. The second-order valence-corrected chi connectivity index (χ2v) is 8.60. The number of carbonyl (C=O) groups excluding carboxylic acids is 4. The van der Waals surface area contributed by atoms with Crippen molar-refractivity contribution in [3.8, 4) is 0 Å². The van der Waals surface area contributed by atoms with Crippen LogP contribution in [0.2, 0.25) is 0 Å². The Kier molecular flexibility index (Phi) is 5.41. The highest BCUT2D eigenvalue weighted by Crippen LogP contribution is 2.33. The molecule has 5 rings (SSSR count). The van der Waals surface area contributed by atoms with Crippen LogP contribution in [0.3, 0.4) is 0 Å². The lowest BCUT2D eigenvalue weighted by molar-refractivity contribution is -0.136. The molecule has 2 N–H and O–H groups in total. The van der Waals surface area contributed by atoms with Crippen molar-refractivity contribution in [1.29, 1.82) is 0 Å². The van der Waals surface area contributed by atoms with E-state index in [1.165, 1.54) is 4.90 Å². The van der Waals surface area contributed by atoms with Crippen LogP contribution in [0.25, 0.3) is 0 Å². The number of carbonyl (C=O) groups is 4. The summed E-state index contributed by atoms with van der Waals surface area (Å²) in [6.45, 7) is 0.220. The highest BCUT2D eigenvalue weighted by atomic mass is 16.5. The average Bonchev–Trinajstić information content (AvgIpc) is 3.14.